The van der Waals surface area contributed by atoms with Gasteiger partial charge >= 0.3 is 0 Å². The molecule has 0 unspecified atom stereocenters. The van der Waals surface area contributed by atoms with Crippen LogP contribution in [0.15, 0.2) is 24.3 Å². The summed E-state index contributed by atoms with van der Waals surface area (Å²) in [6.45, 7) is 2.40. The highest BCUT2D eigenvalue weighted by Gasteiger charge is 2.33. The van der Waals surface area contributed by atoms with Gasteiger partial charge in [0.15, 0.2) is 9.84 Å². The molecule has 7 heteroatoms. The van der Waals surface area contributed by atoms with Crippen LogP contribution in [-0.2, 0) is 20.4 Å². The largest absolute Gasteiger partial charge is 0.338 e. The summed E-state index contributed by atoms with van der Waals surface area (Å²) in [4.78, 5) is 14.0. The minimum absolute atomic E-state index is 0.0333. The summed E-state index contributed by atoms with van der Waals surface area (Å²) < 4.78 is 23.2. The van der Waals surface area contributed by atoms with Crippen LogP contribution in [0.2, 0.25) is 0 Å². The Morgan fingerprint density at radius 1 is 1.43 bits per heavy atom. The fourth-order valence-corrected chi connectivity index (χ4v) is 5.39. The lowest BCUT2D eigenvalue weighted by atomic mass is 10.1. The number of rotatable bonds is 6. The van der Waals surface area contributed by atoms with Crippen molar-refractivity contribution >= 4 is 27.5 Å². The molecule has 0 aliphatic carbocycles. The molecule has 0 saturated carbocycles. The van der Waals surface area contributed by atoms with E-state index in [1.807, 2.05) is 25.1 Å². The SMILES string of the molecule is CCN(C(=O)CSCc1ccccc1C#N)[C@@H]1CCS(=O)(=O)C1. The van der Waals surface area contributed by atoms with E-state index in [1.165, 1.54) is 11.8 Å². The molecule has 1 saturated heterocycles. The maximum absolute atomic E-state index is 12.4. The van der Waals surface area contributed by atoms with E-state index >= 15 is 0 Å². The summed E-state index contributed by atoms with van der Waals surface area (Å²) in [6, 6.07) is 9.30. The number of sulfone groups is 1. The molecule has 1 atom stereocenters. The van der Waals surface area contributed by atoms with Crippen LogP contribution in [0.3, 0.4) is 0 Å². The van der Waals surface area contributed by atoms with Crippen molar-refractivity contribution in [3.63, 3.8) is 0 Å². The highest BCUT2D eigenvalue weighted by molar-refractivity contribution is 7.99. The predicted octanol–water partition coefficient (Wildman–Crippen LogP) is 1.83. The Labute approximate surface area is 141 Å². The van der Waals surface area contributed by atoms with E-state index in [9.17, 15) is 13.2 Å². The average Bonchev–Trinajstić information content (AvgIpc) is 2.88. The van der Waals surface area contributed by atoms with E-state index in [0.717, 1.165) is 5.56 Å². The number of hydrogen-bond donors (Lipinski definition) is 0. The Morgan fingerprint density at radius 2 is 2.17 bits per heavy atom. The highest BCUT2D eigenvalue weighted by atomic mass is 32.2. The van der Waals surface area contributed by atoms with Gasteiger partial charge in [0, 0.05) is 18.3 Å². The fourth-order valence-electron chi connectivity index (χ4n) is 2.75. The summed E-state index contributed by atoms with van der Waals surface area (Å²) in [5.74, 6) is 1.10. The van der Waals surface area contributed by atoms with Crippen LogP contribution in [0.4, 0.5) is 0 Å². The number of benzene rings is 1. The summed E-state index contributed by atoms with van der Waals surface area (Å²) >= 11 is 1.45. The normalized spacial score (nSPS) is 19.2. The van der Waals surface area contributed by atoms with Crippen molar-refractivity contribution in [3.8, 4) is 6.07 Å². The Hall–Kier alpha value is -1.52. The minimum Gasteiger partial charge on any atom is -0.338 e. The van der Waals surface area contributed by atoms with Gasteiger partial charge < -0.3 is 4.90 Å². The number of carbonyl (C=O) groups excluding carboxylic acids is 1. The summed E-state index contributed by atoms with van der Waals surface area (Å²) in [5, 5.41) is 9.05. The first-order valence-corrected chi connectivity index (χ1v) is 10.5. The molecule has 0 spiro atoms. The number of nitriles is 1. The van der Waals surface area contributed by atoms with Crippen LogP contribution in [0.25, 0.3) is 0 Å². The molecule has 0 radical (unpaired) electrons. The zero-order valence-corrected chi connectivity index (χ0v) is 14.7. The van der Waals surface area contributed by atoms with E-state index < -0.39 is 9.84 Å². The zero-order valence-electron chi connectivity index (χ0n) is 13.1. The monoisotopic (exact) mass is 352 g/mol. The lowest BCUT2D eigenvalue weighted by Gasteiger charge is -2.26. The molecule has 1 aromatic rings. The maximum atomic E-state index is 12.4. The third-order valence-corrected chi connectivity index (χ3v) is 6.65. The standard InChI is InChI=1S/C16H20N2O3S2/c1-2-18(15-7-8-23(20,21)12-15)16(19)11-22-10-14-6-4-3-5-13(14)9-17/h3-6,15H,2,7-8,10-12H2,1H3/t15-/m1/s1. The molecule has 1 aliphatic rings. The molecular weight excluding hydrogens is 332 g/mol. The van der Waals surface area contributed by atoms with Crippen molar-refractivity contribution in [2.24, 2.45) is 0 Å². The van der Waals surface area contributed by atoms with E-state index in [1.54, 1.807) is 11.0 Å². The number of nitrogens with zero attached hydrogens (tertiary/aromatic N) is 2. The van der Waals surface area contributed by atoms with Gasteiger partial charge in [0.1, 0.15) is 0 Å². The molecule has 2 rings (SSSR count). The van der Waals surface area contributed by atoms with Gasteiger partial charge in [-0.05, 0) is 25.0 Å². The third kappa shape index (κ3) is 4.72. The zero-order chi connectivity index (χ0) is 16.9. The van der Waals surface area contributed by atoms with Crippen LogP contribution >= 0.6 is 11.8 Å². The van der Waals surface area contributed by atoms with Crippen LogP contribution < -0.4 is 0 Å². The first kappa shape index (κ1) is 17.8. The van der Waals surface area contributed by atoms with Gasteiger partial charge in [-0.3, -0.25) is 4.79 Å². The Morgan fingerprint density at radius 3 is 2.78 bits per heavy atom. The first-order chi connectivity index (χ1) is 11.0. The molecule has 1 aliphatic heterocycles. The Kier molecular flexibility index (Phi) is 6.08. The van der Waals surface area contributed by atoms with E-state index in [2.05, 4.69) is 6.07 Å². The molecular formula is C16H20N2O3S2. The molecule has 0 aromatic heterocycles. The lowest BCUT2D eigenvalue weighted by molar-refractivity contribution is -0.129. The predicted molar refractivity (Wildman–Crippen MR) is 91.8 cm³/mol. The van der Waals surface area contributed by atoms with Gasteiger partial charge in [0.25, 0.3) is 0 Å². The van der Waals surface area contributed by atoms with Gasteiger partial charge in [-0.1, -0.05) is 18.2 Å². The van der Waals surface area contributed by atoms with Crippen LogP contribution in [0, 0.1) is 11.3 Å². The quantitative estimate of drug-likeness (QED) is 0.780. The second-order valence-electron chi connectivity index (χ2n) is 5.50. The van der Waals surface area contributed by atoms with Gasteiger partial charge in [-0.25, -0.2) is 8.42 Å². The molecule has 1 amide bonds. The summed E-state index contributed by atoms with van der Waals surface area (Å²) in [7, 11) is -2.99. The maximum Gasteiger partial charge on any atom is 0.232 e. The second-order valence-corrected chi connectivity index (χ2v) is 8.71. The van der Waals surface area contributed by atoms with Crippen molar-refractivity contribution in [2.45, 2.75) is 25.1 Å². The molecule has 1 aromatic carbocycles. The first-order valence-electron chi connectivity index (χ1n) is 7.52. The highest BCUT2D eigenvalue weighted by Crippen LogP contribution is 2.20. The van der Waals surface area contributed by atoms with Gasteiger partial charge in [-0.15, -0.1) is 11.8 Å². The van der Waals surface area contributed by atoms with Gasteiger partial charge in [0.2, 0.25) is 5.91 Å². The van der Waals surface area contributed by atoms with Crippen molar-refractivity contribution in [1.82, 2.24) is 4.90 Å². The topological polar surface area (TPSA) is 78.2 Å². The number of amides is 1. The third-order valence-electron chi connectivity index (χ3n) is 3.93. The van der Waals surface area contributed by atoms with Crippen molar-refractivity contribution in [3.05, 3.63) is 35.4 Å². The number of carbonyl (C=O) groups is 1. The molecule has 1 heterocycles. The molecule has 23 heavy (non-hydrogen) atoms. The van der Waals surface area contributed by atoms with Crippen LogP contribution in [-0.4, -0.2) is 49.1 Å². The van der Waals surface area contributed by atoms with E-state index in [0.29, 0.717) is 30.0 Å². The summed E-state index contributed by atoms with van der Waals surface area (Å²) in [6.07, 6.45) is 0.532. The van der Waals surface area contributed by atoms with Crippen LogP contribution in [0.5, 0.6) is 0 Å². The van der Waals surface area contributed by atoms with E-state index in [-0.39, 0.29) is 23.5 Å². The van der Waals surface area contributed by atoms with Crippen LogP contribution in [0.1, 0.15) is 24.5 Å². The van der Waals surface area contributed by atoms with Gasteiger partial charge in [-0.2, -0.15) is 5.26 Å². The fraction of sp³-hybridized carbons (Fsp3) is 0.500. The lowest BCUT2D eigenvalue weighted by Crippen LogP contribution is -2.41. The van der Waals surface area contributed by atoms with Crippen molar-refractivity contribution in [2.75, 3.05) is 23.8 Å². The molecule has 1 fully saturated rings. The molecule has 124 valence electrons. The van der Waals surface area contributed by atoms with Crippen molar-refractivity contribution < 1.29 is 13.2 Å². The molecule has 0 bridgehead atoms. The van der Waals surface area contributed by atoms with Gasteiger partial charge in [0.05, 0.1) is 28.9 Å². The van der Waals surface area contributed by atoms with E-state index in [4.69, 9.17) is 5.26 Å². The Bertz CT molecular complexity index is 710. The summed E-state index contributed by atoms with van der Waals surface area (Å²) in [5.41, 5.74) is 1.54. The smallest absolute Gasteiger partial charge is 0.232 e. The minimum atomic E-state index is -2.99. The molecule has 5 nitrogen and oxygen atoms in total. The number of hydrogen-bond acceptors (Lipinski definition) is 5. The Balaban J connectivity index is 1.90. The molecule has 0 N–H and O–H groups in total. The van der Waals surface area contributed by atoms with Crippen molar-refractivity contribution in [1.29, 1.82) is 5.26 Å². The average molecular weight is 352 g/mol. The number of thioether (sulfide) groups is 1. The second kappa shape index (κ2) is 7.84.